The van der Waals surface area contributed by atoms with Crippen LogP contribution in [0.1, 0.15) is 26.7 Å². The molecule has 0 spiro atoms. The normalized spacial score (nSPS) is 25.9. The van der Waals surface area contributed by atoms with E-state index in [4.69, 9.17) is 0 Å². The predicted molar refractivity (Wildman–Crippen MR) is 60.5 cm³/mol. The van der Waals surface area contributed by atoms with Gasteiger partial charge in [-0.2, -0.15) is 0 Å². The van der Waals surface area contributed by atoms with Gasteiger partial charge in [0.05, 0.1) is 0 Å². The van der Waals surface area contributed by atoms with Crippen LogP contribution >= 0.6 is 0 Å². The molecule has 0 aromatic carbocycles. The molecule has 2 rings (SSSR count). The molecule has 1 saturated heterocycles. The van der Waals surface area contributed by atoms with Gasteiger partial charge in [-0.3, -0.25) is 4.79 Å². The van der Waals surface area contributed by atoms with E-state index in [1.807, 2.05) is 0 Å². The van der Waals surface area contributed by atoms with Gasteiger partial charge in [-0.05, 0) is 26.7 Å². The van der Waals surface area contributed by atoms with Crippen LogP contribution in [0.3, 0.4) is 0 Å². The SMILES string of the molecule is CC1(C)CNCCN1C(=O)C1CC=CC1. The molecule has 0 radical (unpaired) electrons. The Hall–Kier alpha value is -0.830. The van der Waals surface area contributed by atoms with Gasteiger partial charge in [-0.25, -0.2) is 0 Å². The Balaban J connectivity index is 2.04. The van der Waals surface area contributed by atoms with Gasteiger partial charge in [-0.15, -0.1) is 0 Å². The molecule has 0 saturated carbocycles. The van der Waals surface area contributed by atoms with Gasteiger partial charge in [0.1, 0.15) is 0 Å². The van der Waals surface area contributed by atoms with Crippen LogP contribution in [-0.4, -0.2) is 36.0 Å². The summed E-state index contributed by atoms with van der Waals surface area (Å²) in [4.78, 5) is 14.3. The van der Waals surface area contributed by atoms with Crippen LogP contribution in [0.2, 0.25) is 0 Å². The van der Waals surface area contributed by atoms with Crippen molar-refractivity contribution in [3.63, 3.8) is 0 Å². The lowest BCUT2D eigenvalue weighted by Crippen LogP contribution is -2.60. The smallest absolute Gasteiger partial charge is 0.226 e. The summed E-state index contributed by atoms with van der Waals surface area (Å²) < 4.78 is 0. The number of nitrogens with one attached hydrogen (secondary N) is 1. The first-order valence-corrected chi connectivity index (χ1v) is 5.78. The monoisotopic (exact) mass is 208 g/mol. The second-order valence-electron chi connectivity index (χ2n) is 5.12. The zero-order valence-corrected chi connectivity index (χ0v) is 9.62. The van der Waals surface area contributed by atoms with Gasteiger partial charge >= 0.3 is 0 Å². The standard InChI is InChI=1S/C12H20N2O/c1-12(2)9-13-7-8-14(12)11(15)10-5-3-4-6-10/h3-4,10,13H,5-9H2,1-2H3. The van der Waals surface area contributed by atoms with E-state index in [-0.39, 0.29) is 11.5 Å². The van der Waals surface area contributed by atoms with Gasteiger partial charge < -0.3 is 10.2 Å². The van der Waals surface area contributed by atoms with E-state index in [0.717, 1.165) is 32.5 Å². The number of carbonyl (C=O) groups excluding carboxylic acids is 1. The molecule has 0 aromatic heterocycles. The van der Waals surface area contributed by atoms with Crippen LogP contribution in [0.5, 0.6) is 0 Å². The summed E-state index contributed by atoms with van der Waals surface area (Å²) in [6.45, 7) is 6.95. The fraction of sp³-hybridized carbons (Fsp3) is 0.750. The third-order valence-electron chi connectivity index (χ3n) is 3.42. The molecule has 0 aromatic rings. The highest BCUT2D eigenvalue weighted by Crippen LogP contribution is 2.25. The second kappa shape index (κ2) is 3.97. The van der Waals surface area contributed by atoms with Crippen LogP contribution in [0.25, 0.3) is 0 Å². The van der Waals surface area contributed by atoms with Crippen molar-refractivity contribution in [2.45, 2.75) is 32.2 Å². The Bertz CT molecular complexity index is 275. The summed E-state index contributed by atoms with van der Waals surface area (Å²) in [5.74, 6) is 0.550. The molecule has 2 aliphatic rings. The Labute approximate surface area is 91.5 Å². The van der Waals surface area contributed by atoms with Gasteiger partial charge in [0.25, 0.3) is 0 Å². The highest BCUT2D eigenvalue weighted by Gasteiger charge is 2.36. The van der Waals surface area contributed by atoms with Gasteiger partial charge in [-0.1, -0.05) is 12.2 Å². The van der Waals surface area contributed by atoms with Crippen LogP contribution in [-0.2, 0) is 4.79 Å². The highest BCUT2D eigenvalue weighted by molar-refractivity contribution is 5.80. The minimum atomic E-state index is -0.0298. The molecule has 1 aliphatic heterocycles. The van der Waals surface area contributed by atoms with E-state index in [0.29, 0.717) is 5.91 Å². The van der Waals surface area contributed by atoms with Crippen molar-refractivity contribution in [1.82, 2.24) is 10.2 Å². The topological polar surface area (TPSA) is 32.3 Å². The maximum absolute atomic E-state index is 12.3. The van der Waals surface area contributed by atoms with E-state index >= 15 is 0 Å². The molecule has 1 fully saturated rings. The third kappa shape index (κ3) is 2.07. The lowest BCUT2D eigenvalue weighted by atomic mass is 9.96. The molecule has 1 aliphatic carbocycles. The lowest BCUT2D eigenvalue weighted by molar-refractivity contribution is -0.141. The number of rotatable bonds is 1. The molecule has 3 nitrogen and oxygen atoms in total. The summed E-state index contributed by atoms with van der Waals surface area (Å²) in [5, 5.41) is 3.34. The summed E-state index contributed by atoms with van der Waals surface area (Å²) >= 11 is 0. The van der Waals surface area contributed by atoms with Crippen molar-refractivity contribution in [3.8, 4) is 0 Å². The highest BCUT2D eigenvalue weighted by atomic mass is 16.2. The first kappa shape index (κ1) is 10.7. The number of hydrogen-bond acceptors (Lipinski definition) is 2. The number of allylic oxidation sites excluding steroid dienone is 2. The summed E-state index contributed by atoms with van der Waals surface area (Å²) in [5.41, 5.74) is -0.0298. The molecule has 1 heterocycles. The summed E-state index contributed by atoms with van der Waals surface area (Å²) in [7, 11) is 0. The molecule has 0 atom stereocenters. The van der Waals surface area contributed by atoms with E-state index in [2.05, 4.69) is 36.2 Å². The molecule has 0 unspecified atom stereocenters. The third-order valence-corrected chi connectivity index (χ3v) is 3.42. The van der Waals surface area contributed by atoms with Crippen molar-refractivity contribution in [1.29, 1.82) is 0 Å². The Morgan fingerprint density at radius 2 is 2.07 bits per heavy atom. The van der Waals surface area contributed by atoms with Crippen LogP contribution in [0.4, 0.5) is 0 Å². The van der Waals surface area contributed by atoms with Crippen molar-refractivity contribution >= 4 is 5.91 Å². The van der Waals surface area contributed by atoms with E-state index < -0.39 is 0 Å². The quantitative estimate of drug-likeness (QED) is 0.656. The maximum Gasteiger partial charge on any atom is 0.226 e. The molecule has 15 heavy (non-hydrogen) atoms. The van der Waals surface area contributed by atoms with Crippen molar-refractivity contribution in [2.24, 2.45) is 5.92 Å². The van der Waals surface area contributed by atoms with Crippen molar-refractivity contribution in [3.05, 3.63) is 12.2 Å². The number of amides is 1. The minimum Gasteiger partial charge on any atom is -0.335 e. The Kier molecular flexibility index (Phi) is 2.83. The zero-order chi connectivity index (χ0) is 10.9. The Morgan fingerprint density at radius 3 is 2.67 bits per heavy atom. The summed E-state index contributed by atoms with van der Waals surface area (Å²) in [6, 6.07) is 0. The van der Waals surface area contributed by atoms with Crippen LogP contribution < -0.4 is 5.32 Å². The Morgan fingerprint density at radius 1 is 1.40 bits per heavy atom. The molecular weight excluding hydrogens is 188 g/mol. The first-order valence-electron chi connectivity index (χ1n) is 5.78. The second-order valence-corrected chi connectivity index (χ2v) is 5.12. The average molecular weight is 208 g/mol. The number of carbonyl (C=O) groups is 1. The van der Waals surface area contributed by atoms with E-state index in [9.17, 15) is 4.79 Å². The number of nitrogens with zero attached hydrogens (tertiary/aromatic N) is 1. The fourth-order valence-corrected chi connectivity index (χ4v) is 2.43. The van der Waals surface area contributed by atoms with Gasteiger partial charge in [0.2, 0.25) is 5.91 Å². The predicted octanol–water partition coefficient (Wildman–Crippen LogP) is 1.16. The van der Waals surface area contributed by atoms with Crippen LogP contribution in [0, 0.1) is 5.92 Å². The lowest BCUT2D eigenvalue weighted by Gasteiger charge is -2.44. The molecule has 3 heteroatoms. The van der Waals surface area contributed by atoms with Crippen molar-refractivity contribution in [2.75, 3.05) is 19.6 Å². The summed E-state index contributed by atoms with van der Waals surface area (Å²) in [6.07, 6.45) is 6.10. The molecule has 84 valence electrons. The van der Waals surface area contributed by atoms with Crippen molar-refractivity contribution < 1.29 is 4.79 Å². The van der Waals surface area contributed by atoms with Gasteiger partial charge in [0.15, 0.2) is 0 Å². The maximum atomic E-state index is 12.3. The number of hydrogen-bond donors (Lipinski definition) is 1. The van der Waals surface area contributed by atoms with E-state index in [1.165, 1.54) is 0 Å². The average Bonchev–Trinajstić information content (AvgIpc) is 2.69. The van der Waals surface area contributed by atoms with Gasteiger partial charge in [0, 0.05) is 31.1 Å². The number of piperazine rings is 1. The van der Waals surface area contributed by atoms with E-state index in [1.54, 1.807) is 0 Å². The fourth-order valence-electron chi connectivity index (χ4n) is 2.43. The zero-order valence-electron chi connectivity index (χ0n) is 9.62. The first-order chi connectivity index (χ1) is 7.11. The van der Waals surface area contributed by atoms with Crippen LogP contribution in [0.15, 0.2) is 12.2 Å². The molecular formula is C12H20N2O. The molecule has 1 amide bonds. The molecule has 0 bridgehead atoms. The minimum absolute atomic E-state index is 0.0298. The molecule has 1 N–H and O–H groups in total. The largest absolute Gasteiger partial charge is 0.335 e.